The van der Waals surface area contributed by atoms with Gasteiger partial charge in [0.15, 0.2) is 5.13 Å². The second kappa shape index (κ2) is 9.61. The molecule has 1 aliphatic heterocycles. The van der Waals surface area contributed by atoms with Crippen molar-refractivity contribution in [3.63, 3.8) is 0 Å². The highest BCUT2D eigenvalue weighted by molar-refractivity contribution is 7.22. The average molecular weight is 498 g/mol. The monoisotopic (exact) mass is 497 g/mol. The summed E-state index contributed by atoms with van der Waals surface area (Å²) in [6, 6.07) is 16.3. The SMILES string of the molecule is O=C(Nc1cc(C(=O)N(C[C@H]2CCCO2)c2nc3ccccc3s2)ccc1Cl)c1cccs1. The summed E-state index contributed by atoms with van der Waals surface area (Å²) in [5.41, 5.74) is 1.66. The number of rotatable bonds is 6. The molecule has 0 radical (unpaired) electrons. The number of fused-ring (bicyclic) bond motifs is 1. The molecular formula is C24H20ClN3O3S2. The fraction of sp³-hybridized carbons (Fsp3) is 0.208. The van der Waals surface area contributed by atoms with Gasteiger partial charge in [-0.15, -0.1) is 11.3 Å². The molecule has 1 atom stereocenters. The Morgan fingerprint density at radius 1 is 1.18 bits per heavy atom. The van der Waals surface area contributed by atoms with Gasteiger partial charge in [-0.2, -0.15) is 0 Å². The van der Waals surface area contributed by atoms with Crippen LogP contribution in [0.3, 0.4) is 0 Å². The number of anilines is 2. The average Bonchev–Trinajstić information content (AvgIpc) is 3.60. The molecule has 0 aliphatic carbocycles. The van der Waals surface area contributed by atoms with Crippen molar-refractivity contribution in [2.75, 3.05) is 23.4 Å². The number of carbonyl (C=O) groups is 2. The zero-order chi connectivity index (χ0) is 22.8. The first-order chi connectivity index (χ1) is 16.1. The number of ether oxygens (including phenoxy) is 1. The molecule has 0 unspecified atom stereocenters. The Balaban J connectivity index is 1.46. The van der Waals surface area contributed by atoms with Crippen molar-refractivity contribution in [3.05, 3.63) is 75.4 Å². The molecule has 1 fully saturated rings. The van der Waals surface area contributed by atoms with Gasteiger partial charge >= 0.3 is 0 Å². The largest absolute Gasteiger partial charge is 0.376 e. The van der Waals surface area contributed by atoms with Gasteiger partial charge in [-0.1, -0.05) is 41.1 Å². The van der Waals surface area contributed by atoms with Gasteiger partial charge in [-0.25, -0.2) is 4.98 Å². The van der Waals surface area contributed by atoms with Crippen LogP contribution in [0.2, 0.25) is 5.02 Å². The van der Waals surface area contributed by atoms with Crippen molar-refractivity contribution in [3.8, 4) is 0 Å². The highest BCUT2D eigenvalue weighted by atomic mass is 35.5. The van der Waals surface area contributed by atoms with Crippen LogP contribution in [-0.2, 0) is 4.74 Å². The Kier molecular flexibility index (Phi) is 6.41. The molecule has 1 aliphatic rings. The van der Waals surface area contributed by atoms with Gasteiger partial charge in [0, 0.05) is 12.2 Å². The van der Waals surface area contributed by atoms with Crippen molar-refractivity contribution in [2.24, 2.45) is 0 Å². The number of thiophene rings is 1. The number of nitrogens with zero attached hydrogens (tertiary/aromatic N) is 2. The van der Waals surface area contributed by atoms with Crippen LogP contribution in [0.4, 0.5) is 10.8 Å². The van der Waals surface area contributed by atoms with E-state index in [9.17, 15) is 9.59 Å². The Hall–Kier alpha value is -2.78. The lowest BCUT2D eigenvalue weighted by Crippen LogP contribution is -2.37. The number of hydrogen-bond donors (Lipinski definition) is 1. The van der Waals surface area contributed by atoms with Crippen LogP contribution in [0.1, 0.15) is 32.9 Å². The Bertz CT molecular complexity index is 1270. The van der Waals surface area contributed by atoms with Gasteiger partial charge in [-0.3, -0.25) is 14.5 Å². The number of amides is 2. The van der Waals surface area contributed by atoms with Crippen molar-refractivity contribution >= 4 is 67.1 Å². The Morgan fingerprint density at radius 3 is 2.82 bits per heavy atom. The first-order valence-corrected chi connectivity index (χ1v) is 12.6. The number of para-hydroxylation sites is 1. The highest BCUT2D eigenvalue weighted by Gasteiger charge is 2.27. The normalized spacial score (nSPS) is 15.6. The molecule has 0 spiro atoms. The quantitative estimate of drug-likeness (QED) is 0.350. The second-order valence-electron chi connectivity index (χ2n) is 7.64. The lowest BCUT2D eigenvalue weighted by molar-refractivity contribution is 0.0917. The predicted octanol–water partition coefficient (Wildman–Crippen LogP) is 6.09. The maximum Gasteiger partial charge on any atom is 0.265 e. The third kappa shape index (κ3) is 4.79. The number of carbonyl (C=O) groups excluding carboxylic acids is 2. The van der Waals surface area contributed by atoms with Crippen LogP contribution in [0.5, 0.6) is 0 Å². The van der Waals surface area contributed by atoms with Gasteiger partial charge in [0.25, 0.3) is 11.8 Å². The van der Waals surface area contributed by atoms with Crippen molar-refractivity contribution < 1.29 is 14.3 Å². The highest BCUT2D eigenvalue weighted by Crippen LogP contribution is 2.32. The van der Waals surface area contributed by atoms with Crippen molar-refractivity contribution in [1.82, 2.24) is 4.98 Å². The molecule has 5 rings (SSSR count). The minimum atomic E-state index is -0.265. The number of hydrogen-bond acceptors (Lipinski definition) is 6. The van der Waals surface area contributed by atoms with Crippen LogP contribution < -0.4 is 10.2 Å². The number of thiazole rings is 1. The van der Waals surface area contributed by atoms with Crippen molar-refractivity contribution in [1.29, 1.82) is 0 Å². The summed E-state index contributed by atoms with van der Waals surface area (Å²) < 4.78 is 6.82. The molecule has 168 valence electrons. The smallest absolute Gasteiger partial charge is 0.265 e. The Labute approximate surface area is 203 Å². The van der Waals surface area contributed by atoms with Crippen LogP contribution in [0.25, 0.3) is 10.2 Å². The number of nitrogens with one attached hydrogen (secondary N) is 1. The summed E-state index contributed by atoms with van der Waals surface area (Å²) >= 11 is 9.14. The Morgan fingerprint density at radius 2 is 2.06 bits per heavy atom. The third-order valence-corrected chi connectivity index (χ3v) is 7.63. The fourth-order valence-electron chi connectivity index (χ4n) is 3.72. The summed E-state index contributed by atoms with van der Waals surface area (Å²) in [4.78, 5) is 33.1. The maximum absolute atomic E-state index is 13.7. The molecule has 9 heteroatoms. The minimum Gasteiger partial charge on any atom is -0.376 e. The molecule has 1 saturated heterocycles. The van der Waals surface area contributed by atoms with Crippen LogP contribution in [0.15, 0.2) is 60.0 Å². The fourth-order valence-corrected chi connectivity index (χ4v) is 5.47. The van der Waals surface area contributed by atoms with Gasteiger partial charge in [0.2, 0.25) is 0 Å². The summed E-state index contributed by atoms with van der Waals surface area (Å²) in [5, 5.41) is 5.63. The summed E-state index contributed by atoms with van der Waals surface area (Å²) in [5.74, 6) is -0.480. The maximum atomic E-state index is 13.7. The summed E-state index contributed by atoms with van der Waals surface area (Å²) in [6.07, 6.45) is 1.84. The zero-order valence-electron chi connectivity index (χ0n) is 17.5. The van der Waals surface area contributed by atoms with E-state index in [2.05, 4.69) is 5.32 Å². The molecular weight excluding hydrogens is 478 g/mol. The molecule has 33 heavy (non-hydrogen) atoms. The lowest BCUT2D eigenvalue weighted by atomic mass is 10.1. The predicted molar refractivity (Wildman–Crippen MR) is 134 cm³/mol. The summed E-state index contributed by atoms with van der Waals surface area (Å²) in [7, 11) is 0. The van der Waals surface area contributed by atoms with E-state index in [1.54, 1.807) is 29.2 Å². The van der Waals surface area contributed by atoms with Crippen LogP contribution >= 0.6 is 34.3 Å². The van der Waals surface area contributed by atoms with E-state index in [1.165, 1.54) is 22.7 Å². The van der Waals surface area contributed by atoms with E-state index in [-0.39, 0.29) is 17.9 Å². The third-order valence-electron chi connectivity index (χ3n) is 5.38. The number of aromatic nitrogens is 1. The van der Waals surface area contributed by atoms with Crippen LogP contribution in [-0.4, -0.2) is 36.1 Å². The molecule has 1 N–H and O–H groups in total. The van der Waals surface area contributed by atoms with E-state index in [4.69, 9.17) is 21.3 Å². The number of benzene rings is 2. The lowest BCUT2D eigenvalue weighted by Gasteiger charge is -2.23. The van der Waals surface area contributed by atoms with Crippen LogP contribution in [0, 0.1) is 0 Å². The molecule has 0 bridgehead atoms. The van der Waals surface area contributed by atoms with E-state index in [0.717, 1.165) is 23.1 Å². The van der Waals surface area contributed by atoms with Gasteiger partial charge in [0.05, 0.1) is 38.5 Å². The number of halogens is 1. The summed E-state index contributed by atoms with van der Waals surface area (Å²) in [6.45, 7) is 1.12. The van der Waals surface area contributed by atoms with Gasteiger partial charge in [-0.05, 0) is 54.6 Å². The van der Waals surface area contributed by atoms with Gasteiger partial charge < -0.3 is 10.1 Å². The van der Waals surface area contributed by atoms with E-state index in [1.807, 2.05) is 35.7 Å². The molecule has 2 amide bonds. The zero-order valence-corrected chi connectivity index (χ0v) is 19.9. The molecule has 4 aromatic rings. The van der Waals surface area contributed by atoms with E-state index < -0.39 is 0 Å². The molecule has 6 nitrogen and oxygen atoms in total. The molecule has 0 saturated carbocycles. The molecule has 3 heterocycles. The topological polar surface area (TPSA) is 71.5 Å². The first kappa shape index (κ1) is 22.0. The van der Waals surface area contributed by atoms with Crippen molar-refractivity contribution in [2.45, 2.75) is 18.9 Å². The first-order valence-electron chi connectivity index (χ1n) is 10.5. The van der Waals surface area contributed by atoms with Gasteiger partial charge in [0.1, 0.15) is 0 Å². The minimum absolute atomic E-state index is 0.0359. The second-order valence-corrected chi connectivity index (χ2v) is 10.0. The standard InChI is InChI=1S/C24H20ClN3O3S2/c25-17-10-9-15(13-19(17)26-22(29)21-8-4-12-32-21)23(30)28(14-16-5-3-11-31-16)24-27-18-6-1-2-7-20(18)33-24/h1-2,4,6-10,12-13,16H,3,5,11,14H2,(H,26,29)/t16-/m1/s1. The molecule has 2 aromatic heterocycles. The van der Waals surface area contributed by atoms with E-state index in [0.29, 0.717) is 39.4 Å². The van der Waals surface area contributed by atoms with E-state index >= 15 is 0 Å². The molecule has 2 aromatic carbocycles.